The van der Waals surface area contributed by atoms with Crippen LogP contribution in [0.3, 0.4) is 0 Å². The van der Waals surface area contributed by atoms with Crippen molar-refractivity contribution in [3.63, 3.8) is 0 Å². The number of ether oxygens (including phenoxy) is 3. The molecule has 1 atom stereocenters. The Balaban J connectivity index is 2.19. The molecule has 2 amide bonds. The molecule has 0 radical (unpaired) electrons. The smallest absolute Gasteiger partial charge is 0.410 e. The summed E-state index contributed by atoms with van der Waals surface area (Å²) in [6, 6.07) is 5.30. The first-order valence-electron chi connectivity index (χ1n) is 9.06. The number of nitriles is 1. The first-order chi connectivity index (χ1) is 14.6. The molecule has 0 N–H and O–H groups in total. The Morgan fingerprint density at radius 1 is 1.29 bits per heavy atom. The van der Waals surface area contributed by atoms with Gasteiger partial charge in [-0.05, 0) is 6.07 Å². The van der Waals surface area contributed by atoms with Gasteiger partial charge in [0.15, 0.2) is 22.1 Å². The zero-order valence-electron chi connectivity index (χ0n) is 16.6. The number of hydrogen-bond acceptors (Lipinski definition) is 8. The van der Waals surface area contributed by atoms with Gasteiger partial charge in [-0.15, -0.1) is 0 Å². The molecule has 1 fully saturated rings. The van der Waals surface area contributed by atoms with Gasteiger partial charge in [0.05, 0.1) is 24.7 Å². The lowest BCUT2D eigenvalue weighted by Crippen LogP contribution is -2.47. The Hall–Kier alpha value is -2.98. The van der Waals surface area contributed by atoms with Gasteiger partial charge in [0.25, 0.3) is 5.91 Å². The minimum atomic E-state index is -4.16. The number of alkyl halides is 2. The third-order valence-corrected chi connectivity index (χ3v) is 5.80. The molecule has 10 nitrogen and oxygen atoms in total. The van der Waals surface area contributed by atoms with Crippen molar-refractivity contribution in [2.45, 2.75) is 18.5 Å². The molecule has 0 unspecified atom stereocenters. The molecule has 1 aliphatic heterocycles. The summed E-state index contributed by atoms with van der Waals surface area (Å²) in [5.74, 6) is -3.06. The summed E-state index contributed by atoms with van der Waals surface area (Å²) in [5, 5.41) is 8.94. The number of carbonyl (C=O) groups excluding carboxylic acids is 2. The van der Waals surface area contributed by atoms with E-state index in [4.69, 9.17) is 14.7 Å². The van der Waals surface area contributed by atoms with Crippen molar-refractivity contribution in [2.75, 3.05) is 39.1 Å². The molecule has 1 saturated heterocycles. The van der Waals surface area contributed by atoms with E-state index in [1.54, 1.807) is 0 Å². The van der Waals surface area contributed by atoms with Gasteiger partial charge < -0.3 is 19.1 Å². The van der Waals surface area contributed by atoms with E-state index in [1.165, 1.54) is 35.4 Å². The molecule has 1 heterocycles. The number of para-hydroxylation sites is 1. The number of sulfone groups is 1. The van der Waals surface area contributed by atoms with Crippen LogP contribution in [0.15, 0.2) is 24.3 Å². The summed E-state index contributed by atoms with van der Waals surface area (Å²) >= 11 is 0. The minimum Gasteiger partial charge on any atom is -0.435 e. The summed E-state index contributed by atoms with van der Waals surface area (Å²) < 4.78 is 65.1. The lowest BCUT2D eigenvalue weighted by Gasteiger charge is -2.28. The SMILES string of the molecule is CN(C#N)C(=O)[C@H](CS(=O)(=O)Cc1ccccc1OC(F)F)OC(=O)N1CCOCC1. The number of carbonyl (C=O) groups is 2. The van der Waals surface area contributed by atoms with Crippen molar-refractivity contribution in [3.8, 4) is 11.9 Å². The van der Waals surface area contributed by atoms with Crippen molar-refractivity contribution in [1.29, 1.82) is 5.26 Å². The van der Waals surface area contributed by atoms with Gasteiger partial charge in [-0.25, -0.2) is 18.1 Å². The van der Waals surface area contributed by atoms with Gasteiger partial charge in [-0.2, -0.15) is 14.0 Å². The normalized spacial score (nSPS) is 15.1. The Bertz CT molecular complexity index is 930. The van der Waals surface area contributed by atoms with Crippen molar-refractivity contribution in [1.82, 2.24) is 9.80 Å². The first-order valence-corrected chi connectivity index (χ1v) is 10.9. The lowest BCUT2D eigenvalue weighted by molar-refractivity contribution is -0.135. The lowest BCUT2D eigenvalue weighted by atomic mass is 10.2. The van der Waals surface area contributed by atoms with Crippen LogP contribution in [0.2, 0.25) is 0 Å². The average molecular weight is 461 g/mol. The van der Waals surface area contributed by atoms with Crippen molar-refractivity contribution < 1.29 is 41.0 Å². The predicted molar refractivity (Wildman–Crippen MR) is 102 cm³/mol. The van der Waals surface area contributed by atoms with Crippen LogP contribution in [0.25, 0.3) is 0 Å². The van der Waals surface area contributed by atoms with Gasteiger partial charge in [0.1, 0.15) is 5.75 Å². The fourth-order valence-corrected chi connectivity index (χ4v) is 4.23. The fourth-order valence-electron chi connectivity index (χ4n) is 2.72. The average Bonchev–Trinajstić information content (AvgIpc) is 2.73. The molecule has 2 rings (SSSR count). The van der Waals surface area contributed by atoms with Crippen LogP contribution in [0.4, 0.5) is 13.6 Å². The molecule has 1 aromatic rings. The fraction of sp³-hybridized carbons (Fsp3) is 0.500. The van der Waals surface area contributed by atoms with Gasteiger partial charge in [0, 0.05) is 25.7 Å². The van der Waals surface area contributed by atoms with Crippen LogP contribution in [-0.2, 0) is 29.9 Å². The Morgan fingerprint density at radius 2 is 1.94 bits per heavy atom. The molecule has 0 aliphatic carbocycles. The van der Waals surface area contributed by atoms with E-state index < -0.39 is 46.1 Å². The Kier molecular flexibility index (Phi) is 8.52. The van der Waals surface area contributed by atoms with E-state index in [2.05, 4.69) is 4.74 Å². The molecule has 0 spiro atoms. The maximum Gasteiger partial charge on any atom is 0.410 e. The second kappa shape index (κ2) is 10.9. The number of hydrogen-bond donors (Lipinski definition) is 0. The molecule has 31 heavy (non-hydrogen) atoms. The second-order valence-electron chi connectivity index (χ2n) is 6.51. The highest BCUT2D eigenvalue weighted by Crippen LogP contribution is 2.23. The van der Waals surface area contributed by atoms with Gasteiger partial charge in [-0.1, -0.05) is 18.2 Å². The Labute approximate surface area is 177 Å². The molecule has 0 bridgehead atoms. The van der Waals surface area contributed by atoms with E-state index in [0.717, 1.165) is 7.05 Å². The first kappa shape index (κ1) is 24.3. The van der Waals surface area contributed by atoms with E-state index >= 15 is 0 Å². The van der Waals surface area contributed by atoms with Crippen LogP contribution in [0.5, 0.6) is 5.75 Å². The number of amides is 2. The zero-order valence-corrected chi connectivity index (χ0v) is 17.4. The van der Waals surface area contributed by atoms with Crippen LogP contribution < -0.4 is 4.74 Å². The number of rotatable bonds is 8. The number of nitrogens with zero attached hydrogens (tertiary/aromatic N) is 3. The zero-order chi connectivity index (χ0) is 23.0. The monoisotopic (exact) mass is 461 g/mol. The number of halogens is 2. The summed E-state index contributed by atoms with van der Waals surface area (Å²) in [5.41, 5.74) is -0.0536. The van der Waals surface area contributed by atoms with E-state index in [1.807, 2.05) is 0 Å². The summed E-state index contributed by atoms with van der Waals surface area (Å²) in [6.45, 7) is -2.26. The third-order valence-electron chi connectivity index (χ3n) is 4.24. The van der Waals surface area contributed by atoms with Crippen LogP contribution in [0, 0.1) is 11.5 Å². The predicted octanol–water partition coefficient (Wildman–Crippen LogP) is 0.980. The van der Waals surface area contributed by atoms with Crippen LogP contribution in [-0.4, -0.2) is 82.0 Å². The molecular formula is C18H21F2N3O7S. The van der Waals surface area contributed by atoms with Crippen molar-refractivity contribution in [3.05, 3.63) is 29.8 Å². The van der Waals surface area contributed by atoms with Gasteiger partial charge in [-0.3, -0.25) is 4.79 Å². The molecule has 1 aliphatic rings. The third kappa shape index (κ3) is 7.34. The number of morpholine rings is 1. The van der Waals surface area contributed by atoms with Crippen LogP contribution >= 0.6 is 0 Å². The van der Waals surface area contributed by atoms with E-state index in [0.29, 0.717) is 4.90 Å². The largest absolute Gasteiger partial charge is 0.435 e. The molecular weight excluding hydrogens is 440 g/mol. The molecule has 0 saturated carbocycles. The van der Waals surface area contributed by atoms with E-state index in [9.17, 15) is 26.8 Å². The quantitative estimate of drug-likeness (QED) is 0.414. The summed E-state index contributed by atoms with van der Waals surface area (Å²) in [4.78, 5) is 26.6. The minimum absolute atomic E-state index is 0.0536. The van der Waals surface area contributed by atoms with Gasteiger partial charge in [0.2, 0.25) is 0 Å². The molecule has 13 heteroatoms. The maximum atomic E-state index is 12.7. The second-order valence-corrected chi connectivity index (χ2v) is 8.62. The van der Waals surface area contributed by atoms with Crippen molar-refractivity contribution >= 4 is 21.8 Å². The molecule has 170 valence electrons. The molecule has 1 aromatic carbocycles. The highest BCUT2D eigenvalue weighted by atomic mass is 32.2. The summed E-state index contributed by atoms with van der Waals surface area (Å²) in [6.07, 6.45) is -1.20. The van der Waals surface area contributed by atoms with E-state index in [-0.39, 0.29) is 37.6 Å². The van der Waals surface area contributed by atoms with Crippen molar-refractivity contribution in [2.24, 2.45) is 0 Å². The number of benzene rings is 1. The summed E-state index contributed by atoms with van der Waals surface area (Å²) in [7, 11) is -3.06. The van der Waals surface area contributed by atoms with Crippen LogP contribution in [0.1, 0.15) is 5.56 Å². The highest BCUT2D eigenvalue weighted by Gasteiger charge is 2.34. The molecule has 0 aromatic heterocycles. The topological polar surface area (TPSA) is 126 Å². The highest BCUT2D eigenvalue weighted by molar-refractivity contribution is 7.90. The van der Waals surface area contributed by atoms with Gasteiger partial charge >= 0.3 is 12.7 Å². The number of likely N-dealkylation sites (N-methyl/N-ethyl adjacent to an activating group) is 1. The maximum absolute atomic E-state index is 12.7. The Morgan fingerprint density at radius 3 is 2.55 bits per heavy atom. The standard InChI is InChI=1S/C18H21F2N3O7S/c1-22(12-21)16(24)15(30-18(25)23-6-8-28-9-7-23)11-31(26,27)10-13-4-2-3-5-14(13)29-17(19)20/h2-5,15,17H,6-11H2,1H3/t15-/m0/s1.